The van der Waals surface area contributed by atoms with Gasteiger partial charge in [-0.15, -0.1) is 11.3 Å². The number of halogens is 1. The standard InChI is InChI=1S/C19H21BrN2O3S/c1-25-9-8-21(13-15-5-4-10-26-15)19(24)14-11-18(23)22(12-14)17-7-3-2-6-16(17)20/h2-7,10,14H,8-9,11-13H2,1H3. The summed E-state index contributed by atoms with van der Waals surface area (Å²) in [6.07, 6.45) is 0.244. The summed E-state index contributed by atoms with van der Waals surface area (Å²) in [5, 5.41) is 2.00. The molecule has 1 aromatic carbocycles. The molecule has 0 aliphatic carbocycles. The van der Waals surface area contributed by atoms with Crippen LogP contribution in [0, 0.1) is 5.92 Å². The summed E-state index contributed by atoms with van der Waals surface area (Å²) in [5.41, 5.74) is 0.814. The summed E-state index contributed by atoms with van der Waals surface area (Å²) in [6, 6.07) is 11.6. The van der Waals surface area contributed by atoms with Gasteiger partial charge in [0.05, 0.1) is 24.8 Å². The second-order valence-corrected chi connectivity index (χ2v) is 8.08. The predicted molar refractivity (Wildman–Crippen MR) is 106 cm³/mol. The normalized spacial score (nSPS) is 16.9. The smallest absolute Gasteiger partial charge is 0.228 e. The fraction of sp³-hybridized carbons (Fsp3) is 0.368. The average molecular weight is 437 g/mol. The van der Waals surface area contributed by atoms with Crippen molar-refractivity contribution in [3.8, 4) is 0 Å². The van der Waals surface area contributed by atoms with Crippen molar-refractivity contribution in [1.82, 2.24) is 4.90 Å². The van der Waals surface area contributed by atoms with Crippen molar-refractivity contribution >= 4 is 44.8 Å². The molecule has 3 rings (SSSR count). The van der Waals surface area contributed by atoms with E-state index in [2.05, 4.69) is 15.9 Å². The molecule has 2 amide bonds. The Balaban J connectivity index is 1.73. The van der Waals surface area contributed by atoms with Crippen LogP contribution in [0.15, 0.2) is 46.3 Å². The Morgan fingerprint density at radius 2 is 2.15 bits per heavy atom. The van der Waals surface area contributed by atoms with Crippen LogP contribution in [0.5, 0.6) is 0 Å². The molecule has 0 radical (unpaired) electrons. The van der Waals surface area contributed by atoms with E-state index in [-0.39, 0.29) is 24.2 Å². The lowest BCUT2D eigenvalue weighted by atomic mass is 10.1. The van der Waals surface area contributed by atoms with E-state index in [9.17, 15) is 9.59 Å². The van der Waals surface area contributed by atoms with Gasteiger partial charge in [0.25, 0.3) is 0 Å². The zero-order valence-electron chi connectivity index (χ0n) is 14.6. The molecule has 0 bridgehead atoms. The fourth-order valence-electron chi connectivity index (χ4n) is 3.09. The van der Waals surface area contributed by atoms with E-state index in [1.807, 2.05) is 41.8 Å². The summed E-state index contributed by atoms with van der Waals surface area (Å²) in [5.74, 6) is -0.331. The number of thiophene rings is 1. The minimum Gasteiger partial charge on any atom is -0.383 e. The van der Waals surface area contributed by atoms with Crippen molar-refractivity contribution in [1.29, 1.82) is 0 Å². The lowest BCUT2D eigenvalue weighted by Crippen LogP contribution is -2.38. The Hall–Kier alpha value is -1.70. The molecular weight excluding hydrogens is 416 g/mol. The second kappa shape index (κ2) is 8.79. The number of ether oxygens (including phenoxy) is 1. The third kappa shape index (κ3) is 4.34. The number of carbonyl (C=O) groups excluding carboxylic acids is 2. The average Bonchev–Trinajstić information content (AvgIpc) is 3.28. The molecule has 1 aliphatic heterocycles. The number of benzene rings is 1. The molecule has 5 nitrogen and oxygen atoms in total. The van der Waals surface area contributed by atoms with E-state index in [1.54, 1.807) is 28.2 Å². The molecule has 1 aromatic heterocycles. The molecule has 2 heterocycles. The molecule has 0 spiro atoms. The van der Waals surface area contributed by atoms with Gasteiger partial charge < -0.3 is 14.5 Å². The highest BCUT2D eigenvalue weighted by Crippen LogP contribution is 2.32. The molecule has 0 saturated carbocycles. The van der Waals surface area contributed by atoms with Crippen molar-refractivity contribution < 1.29 is 14.3 Å². The molecule has 1 atom stereocenters. The van der Waals surface area contributed by atoms with Crippen LogP contribution in [-0.2, 0) is 20.9 Å². The topological polar surface area (TPSA) is 49.9 Å². The van der Waals surface area contributed by atoms with Crippen molar-refractivity contribution in [3.05, 3.63) is 51.1 Å². The number of nitrogens with zero attached hydrogens (tertiary/aromatic N) is 2. The minimum atomic E-state index is -0.327. The monoisotopic (exact) mass is 436 g/mol. The Morgan fingerprint density at radius 3 is 2.85 bits per heavy atom. The van der Waals surface area contributed by atoms with Gasteiger partial charge >= 0.3 is 0 Å². The van der Waals surface area contributed by atoms with E-state index >= 15 is 0 Å². The largest absolute Gasteiger partial charge is 0.383 e. The summed E-state index contributed by atoms with van der Waals surface area (Å²) < 4.78 is 6.02. The van der Waals surface area contributed by atoms with Crippen LogP contribution in [0.1, 0.15) is 11.3 Å². The van der Waals surface area contributed by atoms with E-state index in [0.29, 0.717) is 26.2 Å². The second-order valence-electron chi connectivity index (χ2n) is 6.19. The van der Waals surface area contributed by atoms with Crippen LogP contribution in [0.3, 0.4) is 0 Å². The van der Waals surface area contributed by atoms with E-state index in [1.165, 1.54) is 0 Å². The van der Waals surface area contributed by atoms with Gasteiger partial charge in [0.1, 0.15) is 0 Å². The van der Waals surface area contributed by atoms with Crippen molar-refractivity contribution in [2.24, 2.45) is 5.92 Å². The van der Waals surface area contributed by atoms with E-state index in [4.69, 9.17) is 4.74 Å². The lowest BCUT2D eigenvalue weighted by molar-refractivity contribution is -0.137. The maximum Gasteiger partial charge on any atom is 0.228 e. The van der Waals surface area contributed by atoms with Crippen molar-refractivity contribution in [2.45, 2.75) is 13.0 Å². The summed E-state index contributed by atoms with van der Waals surface area (Å²) in [4.78, 5) is 30.2. The third-order valence-electron chi connectivity index (χ3n) is 4.42. The van der Waals surface area contributed by atoms with Crippen LogP contribution in [-0.4, -0.2) is 43.5 Å². The first-order valence-corrected chi connectivity index (χ1v) is 10.1. The predicted octanol–water partition coefficient (Wildman–Crippen LogP) is 3.54. The number of rotatable bonds is 7. The molecule has 1 unspecified atom stereocenters. The Morgan fingerprint density at radius 1 is 1.35 bits per heavy atom. The first kappa shape index (κ1) is 19.1. The quantitative estimate of drug-likeness (QED) is 0.666. The highest BCUT2D eigenvalue weighted by Gasteiger charge is 2.37. The molecule has 2 aromatic rings. The van der Waals surface area contributed by atoms with Crippen molar-refractivity contribution in [3.63, 3.8) is 0 Å². The highest BCUT2D eigenvalue weighted by atomic mass is 79.9. The van der Waals surface area contributed by atoms with Gasteiger partial charge in [0.15, 0.2) is 0 Å². The van der Waals surface area contributed by atoms with Gasteiger partial charge in [-0.25, -0.2) is 0 Å². The molecule has 26 heavy (non-hydrogen) atoms. The Kier molecular flexibility index (Phi) is 6.45. The van der Waals surface area contributed by atoms with Gasteiger partial charge in [-0.3, -0.25) is 9.59 Å². The highest BCUT2D eigenvalue weighted by molar-refractivity contribution is 9.10. The number of carbonyl (C=O) groups is 2. The van der Waals surface area contributed by atoms with Gasteiger partial charge in [-0.05, 0) is 39.5 Å². The summed E-state index contributed by atoms with van der Waals surface area (Å²) in [6.45, 7) is 1.96. The summed E-state index contributed by atoms with van der Waals surface area (Å²) >= 11 is 5.12. The van der Waals surface area contributed by atoms with Gasteiger partial charge in [-0.1, -0.05) is 18.2 Å². The zero-order valence-corrected chi connectivity index (χ0v) is 17.0. The SMILES string of the molecule is COCCN(Cc1cccs1)C(=O)C1CC(=O)N(c2ccccc2Br)C1. The fourth-order valence-corrected chi connectivity index (χ4v) is 4.31. The number of amides is 2. The van der Waals surface area contributed by atoms with Gasteiger partial charge in [0, 0.05) is 36.0 Å². The van der Waals surface area contributed by atoms with Crippen molar-refractivity contribution in [2.75, 3.05) is 31.7 Å². The van der Waals surface area contributed by atoms with E-state index in [0.717, 1.165) is 15.0 Å². The molecule has 7 heteroatoms. The Labute approximate surface area is 165 Å². The first-order valence-electron chi connectivity index (χ1n) is 8.45. The minimum absolute atomic E-state index is 0.0124. The number of methoxy groups -OCH3 is 1. The summed E-state index contributed by atoms with van der Waals surface area (Å²) in [7, 11) is 1.63. The first-order chi connectivity index (χ1) is 12.6. The molecule has 1 saturated heterocycles. The number of hydrogen-bond donors (Lipinski definition) is 0. The van der Waals surface area contributed by atoms with Gasteiger partial charge in [0.2, 0.25) is 11.8 Å². The molecule has 1 aliphatic rings. The van der Waals surface area contributed by atoms with Crippen LogP contribution in [0.25, 0.3) is 0 Å². The maximum atomic E-state index is 13.1. The Bertz CT molecular complexity index is 766. The zero-order chi connectivity index (χ0) is 18.5. The lowest BCUT2D eigenvalue weighted by Gasteiger charge is -2.25. The van der Waals surface area contributed by atoms with Crippen LogP contribution < -0.4 is 4.90 Å². The number of anilines is 1. The van der Waals surface area contributed by atoms with E-state index < -0.39 is 0 Å². The van der Waals surface area contributed by atoms with Crippen LogP contribution in [0.2, 0.25) is 0 Å². The van der Waals surface area contributed by atoms with Gasteiger partial charge in [-0.2, -0.15) is 0 Å². The molecule has 0 N–H and O–H groups in total. The number of para-hydroxylation sites is 1. The van der Waals surface area contributed by atoms with Crippen LogP contribution >= 0.6 is 27.3 Å². The maximum absolute atomic E-state index is 13.1. The molecule has 1 fully saturated rings. The molecular formula is C19H21BrN2O3S. The van der Waals surface area contributed by atoms with Crippen LogP contribution in [0.4, 0.5) is 5.69 Å². The third-order valence-corrected chi connectivity index (χ3v) is 5.95. The molecule has 138 valence electrons. The number of hydrogen-bond acceptors (Lipinski definition) is 4.